The third-order valence-corrected chi connectivity index (χ3v) is 2.73. The van der Waals surface area contributed by atoms with Crippen LogP contribution in [0.3, 0.4) is 0 Å². The second kappa shape index (κ2) is 4.20. The molecule has 0 aliphatic rings. The number of nitro benzene ring substituents is 1. The molecule has 0 amide bonds. The summed E-state index contributed by atoms with van der Waals surface area (Å²) in [5.41, 5.74) is -6.53. The van der Waals surface area contributed by atoms with Gasteiger partial charge in [0.1, 0.15) is 0 Å². The number of benzene rings is 1. The quantitative estimate of drug-likeness (QED) is 0.670. The highest BCUT2D eigenvalue weighted by Crippen LogP contribution is 2.26. The van der Waals surface area contributed by atoms with Crippen LogP contribution in [0.1, 0.15) is 0 Å². The third kappa shape index (κ3) is 3.06. The van der Waals surface area contributed by atoms with Crippen LogP contribution in [0.25, 0.3) is 0 Å². The first kappa shape index (κ1) is 13.2. The number of nitro groups is 1. The van der Waals surface area contributed by atoms with Gasteiger partial charge >= 0.3 is 15.5 Å². The molecule has 0 unspecified atom stereocenters. The average Bonchev–Trinajstić information content (AvgIpc) is 2.15. The fourth-order valence-corrected chi connectivity index (χ4v) is 1.45. The first-order chi connectivity index (χ1) is 7.63. The maximum atomic E-state index is 12.0. The zero-order valence-electron chi connectivity index (χ0n) is 7.93. The number of sulfonamides is 1. The fourth-order valence-electron chi connectivity index (χ4n) is 0.896. The molecular formula is C7H5F3N2O4S. The van der Waals surface area contributed by atoms with Gasteiger partial charge in [0, 0.05) is 12.1 Å². The number of hydrogen-bond donors (Lipinski definition) is 1. The number of nitrogens with one attached hydrogen (secondary N) is 1. The van der Waals surface area contributed by atoms with E-state index in [0.717, 1.165) is 18.2 Å². The van der Waals surface area contributed by atoms with Gasteiger partial charge in [0.05, 0.1) is 10.6 Å². The van der Waals surface area contributed by atoms with Crippen molar-refractivity contribution in [2.75, 3.05) is 4.72 Å². The molecule has 0 heterocycles. The number of halogens is 3. The summed E-state index contributed by atoms with van der Waals surface area (Å²) in [6.07, 6.45) is 0. The molecule has 0 spiro atoms. The molecule has 0 atom stereocenters. The minimum atomic E-state index is -5.57. The highest BCUT2D eigenvalue weighted by Gasteiger charge is 2.46. The zero-order chi connectivity index (χ0) is 13.3. The third-order valence-electron chi connectivity index (χ3n) is 1.61. The van der Waals surface area contributed by atoms with Crippen molar-refractivity contribution in [1.29, 1.82) is 0 Å². The highest BCUT2D eigenvalue weighted by molar-refractivity contribution is 7.93. The summed E-state index contributed by atoms with van der Waals surface area (Å²) < 4.78 is 58.6. The Morgan fingerprint density at radius 2 is 1.88 bits per heavy atom. The van der Waals surface area contributed by atoms with Crippen molar-refractivity contribution in [1.82, 2.24) is 0 Å². The SMILES string of the molecule is O=[N+]([O-])c1cccc(NS(=O)(=O)C(F)(F)F)c1. The Morgan fingerprint density at radius 3 is 2.35 bits per heavy atom. The molecule has 0 aromatic heterocycles. The normalized spacial score (nSPS) is 12.2. The van der Waals surface area contributed by atoms with Gasteiger partial charge in [0.2, 0.25) is 0 Å². The smallest absolute Gasteiger partial charge is 0.276 e. The predicted octanol–water partition coefficient (Wildman–Crippen LogP) is 1.86. The fraction of sp³-hybridized carbons (Fsp3) is 0.143. The van der Waals surface area contributed by atoms with E-state index in [0.29, 0.717) is 6.07 Å². The molecule has 0 radical (unpaired) electrons. The van der Waals surface area contributed by atoms with Gasteiger partial charge in [-0.25, -0.2) is 0 Å². The van der Waals surface area contributed by atoms with Crippen LogP contribution in [0.15, 0.2) is 24.3 Å². The summed E-state index contributed by atoms with van der Waals surface area (Å²) in [6, 6.07) is 3.73. The van der Waals surface area contributed by atoms with Crippen LogP contribution >= 0.6 is 0 Å². The molecule has 1 rings (SSSR count). The summed E-state index contributed by atoms with van der Waals surface area (Å²) in [5, 5.41) is 10.3. The molecule has 10 heteroatoms. The van der Waals surface area contributed by atoms with Gasteiger partial charge in [-0.2, -0.15) is 21.6 Å². The zero-order valence-corrected chi connectivity index (χ0v) is 8.75. The van der Waals surface area contributed by atoms with E-state index in [2.05, 4.69) is 0 Å². The van der Waals surface area contributed by atoms with Crippen molar-refractivity contribution in [2.24, 2.45) is 0 Å². The van der Waals surface area contributed by atoms with Gasteiger partial charge in [0.15, 0.2) is 0 Å². The van der Waals surface area contributed by atoms with E-state index in [1.807, 2.05) is 0 Å². The predicted molar refractivity (Wildman–Crippen MR) is 51.7 cm³/mol. The second-order valence-electron chi connectivity index (χ2n) is 2.86. The molecule has 94 valence electrons. The van der Waals surface area contributed by atoms with Crippen molar-refractivity contribution in [3.8, 4) is 0 Å². The molecule has 1 aromatic carbocycles. The highest BCUT2D eigenvalue weighted by atomic mass is 32.2. The minimum Gasteiger partial charge on any atom is -0.276 e. The van der Waals surface area contributed by atoms with Crippen LogP contribution < -0.4 is 4.72 Å². The molecule has 0 aliphatic heterocycles. The second-order valence-corrected chi connectivity index (χ2v) is 4.53. The van der Waals surface area contributed by atoms with E-state index >= 15 is 0 Å². The van der Waals surface area contributed by atoms with E-state index in [4.69, 9.17) is 0 Å². The van der Waals surface area contributed by atoms with Crippen LogP contribution in [0.2, 0.25) is 0 Å². The molecule has 6 nitrogen and oxygen atoms in total. The number of hydrogen-bond acceptors (Lipinski definition) is 4. The molecule has 0 fully saturated rings. The Labute approximate surface area is 93.3 Å². The Bertz CT molecular complexity index is 540. The molecule has 0 saturated heterocycles. The Kier molecular flexibility index (Phi) is 3.27. The minimum absolute atomic E-state index is 0.521. The van der Waals surface area contributed by atoms with Crippen molar-refractivity contribution >= 4 is 21.4 Å². The Hall–Kier alpha value is -1.84. The number of alkyl halides is 3. The summed E-state index contributed by atoms with van der Waals surface area (Å²) >= 11 is 0. The molecule has 0 saturated carbocycles. The monoisotopic (exact) mass is 270 g/mol. The topological polar surface area (TPSA) is 89.3 Å². The molecule has 1 aromatic rings. The van der Waals surface area contributed by atoms with E-state index in [-0.39, 0.29) is 0 Å². The largest absolute Gasteiger partial charge is 0.516 e. The first-order valence-electron chi connectivity index (χ1n) is 3.97. The molecule has 0 aliphatic carbocycles. The van der Waals surface area contributed by atoms with Crippen molar-refractivity contribution < 1.29 is 26.5 Å². The number of rotatable bonds is 3. The van der Waals surface area contributed by atoms with Gasteiger partial charge in [-0.15, -0.1) is 0 Å². The summed E-state index contributed by atoms with van der Waals surface area (Å²) in [7, 11) is -5.57. The van der Waals surface area contributed by atoms with Crippen molar-refractivity contribution in [3.05, 3.63) is 34.4 Å². The van der Waals surface area contributed by atoms with Crippen LogP contribution in [0, 0.1) is 10.1 Å². The van der Waals surface area contributed by atoms with E-state index in [1.54, 1.807) is 0 Å². The van der Waals surface area contributed by atoms with Gasteiger partial charge in [-0.1, -0.05) is 6.07 Å². The van der Waals surface area contributed by atoms with Crippen molar-refractivity contribution in [3.63, 3.8) is 0 Å². The molecule has 17 heavy (non-hydrogen) atoms. The molecule has 0 bridgehead atoms. The van der Waals surface area contributed by atoms with Crippen molar-refractivity contribution in [2.45, 2.75) is 5.51 Å². The lowest BCUT2D eigenvalue weighted by Gasteiger charge is -2.09. The van der Waals surface area contributed by atoms with Gasteiger partial charge in [-0.3, -0.25) is 14.8 Å². The van der Waals surface area contributed by atoms with Crippen LogP contribution in [0.5, 0.6) is 0 Å². The van der Waals surface area contributed by atoms with Crippen LogP contribution in [0.4, 0.5) is 24.5 Å². The standard InChI is InChI=1S/C7H5F3N2O4S/c8-7(9,10)17(15,16)11-5-2-1-3-6(4-5)12(13)14/h1-4,11H. The van der Waals surface area contributed by atoms with E-state index < -0.39 is 31.8 Å². The van der Waals surface area contributed by atoms with Gasteiger partial charge < -0.3 is 0 Å². The summed E-state index contributed by atoms with van der Waals surface area (Å²) in [6.45, 7) is 0. The molecular weight excluding hydrogens is 265 g/mol. The van der Waals surface area contributed by atoms with E-state index in [1.165, 1.54) is 4.72 Å². The summed E-state index contributed by atoms with van der Waals surface area (Å²) in [5.74, 6) is 0. The van der Waals surface area contributed by atoms with Gasteiger partial charge in [-0.05, 0) is 6.07 Å². The van der Waals surface area contributed by atoms with Crippen LogP contribution in [-0.2, 0) is 10.0 Å². The Balaban J connectivity index is 3.05. The summed E-state index contributed by atoms with van der Waals surface area (Å²) in [4.78, 5) is 9.47. The number of anilines is 1. The maximum absolute atomic E-state index is 12.0. The van der Waals surface area contributed by atoms with Gasteiger partial charge in [0.25, 0.3) is 5.69 Å². The lowest BCUT2D eigenvalue weighted by Crippen LogP contribution is -2.29. The number of nitrogens with zero attached hydrogens (tertiary/aromatic N) is 1. The Morgan fingerprint density at radius 1 is 1.29 bits per heavy atom. The first-order valence-corrected chi connectivity index (χ1v) is 5.45. The lowest BCUT2D eigenvalue weighted by atomic mass is 10.3. The average molecular weight is 270 g/mol. The van der Waals surface area contributed by atoms with E-state index in [9.17, 15) is 31.7 Å². The maximum Gasteiger partial charge on any atom is 0.516 e. The lowest BCUT2D eigenvalue weighted by molar-refractivity contribution is -0.384. The number of non-ortho nitro benzene ring substituents is 1. The molecule has 1 N–H and O–H groups in total. The van der Waals surface area contributed by atoms with Crippen LogP contribution in [-0.4, -0.2) is 18.8 Å².